The Morgan fingerprint density at radius 1 is 1.18 bits per heavy atom. The molecule has 2 fully saturated rings. The first kappa shape index (κ1) is 26.2. The van der Waals surface area contributed by atoms with Crippen molar-refractivity contribution in [2.24, 2.45) is 0 Å². The number of amides is 4. The first-order valence-electron chi connectivity index (χ1n) is 12.4. The predicted octanol–water partition coefficient (Wildman–Crippen LogP) is 5.15. The zero-order valence-corrected chi connectivity index (χ0v) is 21.4. The maximum atomic E-state index is 13.7. The molecule has 0 aromatic heterocycles. The van der Waals surface area contributed by atoms with Crippen LogP contribution in [-0.4, -0.2) is 60.3 Å². The van der Waals surface area contributed by atoms with Gasteiger partial charge < -0.3 is 19.7 Å². The van der Waals surface area contributed by atoms with E-state index in [0.717, 1.165) is 22.6 Å². The van der Waals surface area contributed by atoms with Crippen LogP contribution < -0.4 is 10.6 Å². The van der Waals surface area contributed by atoms with E-state index < -0.39 is 41.5 Å². The molecular weight excluding hydrogens is 522 g/mol. The molecule has 0 saturated carbocycles. The van der Waals surface area contributed by atoms with Crippen LogP contribution in [0, 0.1) is 11.6 Å². The number of rotatable bonds is 5. The fourth-order valence-electron chi connectivity index (χ4n) is 5.33. The van der Waals surface area contributed by atoms with Gasteiger partial charge in [-0.2, -0.15) is 0 Å². The molecule has 1 spiro atoms. The number of ether oxygens (including phenoxy) is 2. The van der Waals surface area contributed by atoms with E-state index >= 15 is 0 Å². The standard InChI is InChI=1S/C26H27ClF2N4O5/c1-15(32-10-7-26(8-11-32)18-13-17(27)3-5-21(18)31-24(35)38-26)6-9-30-23(34)33-22(14-37-25(33)36)16-2-4-19(28)20(29)12-16/h2-5,12-13,15,22H,6-11,14H2,1H3,(H,30,34)(H,31,35). The van der Waals surface area contributed by atoms with Crippen LogP contribution in [0.15, 0.2) is 36.4 Å². The molecule has 2 unspecified atom stereocenters. The third-order valence-electron chi connectivity index (χ3n) is 7.48. The lowest BCUT2D eigenvalue weighted by molar-refractivity contribution is -0.0448. The quantitative estimate of drug-likeness (QED) is 0.536. The number of fused-ring (bicyclic) bond motifs is 2. The molecular formula is C26H27ClF2N4O5. The van der Waals surface area contributed by atoms with Crippen LogP contribution in [0.1, 0.15) is 43.4 Å². The van der Waals surface area contributed by atoms with E-state index in [1.165, 1.54) is 6.07 Å². The molecule has 0 radical (unpaired) electrons. The number of urea groups is 1. The zero-order chi connectivity index (χ0) is 27.0. The number of halogens is 3. The number of carbonyl (C=O) groups excluding carboxylic acids is 3. The summed E-state index contributed by atoms with van der Waals surface area (Å²) < 4.78 is 37.8. The Labute approximate surface area is 223 Å². The van der Waals surface area contributed by atoms with Gasteiger partial charge >= 0.3 is 18.2 Å². The van der Waals surface area contributed by atoms with E-state index in [2.05, 4.69) is 15.5 Å². The van der Waals surface area contributed by atoms with Crippen molar-refractivity contribution >= 4 is 35.5 Å². The van der Waals surface area contributed by atoms with E-state index in [-0.39, 0.29) is 24.8 Å². The topological polar surface area (TPSA) is 100 Å². The Balaban J connectivity index is 1.15. The number of nitrogens with one attached hydrogen (secondary N) is 2. The van der Waals surface area contributed by atoms with Gasteiger partial charge in [0.1, 0.15) is 18.2 Å². The zero-order valence-electron chi connectivity index (χ0n) is 20.6. The number of hydrogen-bond acceptors (Lipinski definition) is 6. The number of cyclic esters (lactones) is 1. The first-order valence-corrected chi connectivity index (χ1v) is 12.8. The number of piperidine rings is 1. The van der Waals surface area contributed by atoms with E-state index in [1.807, 2.05) is 13.0 Å². The van der Waals surface area contributed by atoms with Crippen LogP contribution in [0.4, 0.5) is 28.9 Å². The normalized spacial score (nSPS) is 21.4. The molecule has 0 bridgehead atoms. The predicted molar refractivity (Wildman–Crippen MR) is 134 cm³/mol. The maximum absolute atomic E-state index is 13.7. The van der Waals surface area contributed by atoms with Gasteiger partial charge in [-0.25, -0.2) is 28.1 Å². The molecule has 5 rings (SSSR count). The molecule has 3 heterocycles. The number of likely N-dealkylation sites (tertiary alicyclic amines) is 1. The fraction of sp³-hybridized carbons (Fsp3) is 0.423. The monoisotopic (exact) mass is 548 g/mol. The molecule has 202 valence electrons. The Bertz CT molecular complexity index is 1270. The van der Waals surface area contributed by atoms with Gasteiger partial charge in [0.05, 0.1) is 5.69 Å². The van der Waals surface area contributed by atoms with Crippen molar-refractivity contribution < 1.29 is 32.6 Å². The minimum Gasteiger partial charge on any atom is -0.446 e. The molecule has 4 amide bonds. The van der Waals surface area contributed by atoms with Crippen LogP contribution in [0.5, 0.6) is 0 Å². The molecule has 2 atom stereocenters. The Morgan fingerprint density at radius 2 is 1.95 bits per heavy atom. The van der Waals surface area contributed by atoms with E-state index in [1.54, 1.807) is 12.1 Å². The van der Waals surface area contributed by atoms with Gasteiger partial charge in [-0.3, -0.25) is 5.32 Å². The number of anilines is 1. The number of carbonyl (C=O) groups is 3. The Kier molecular flexibility index (Phi) is 7.15. The van der Waals surface area contributed by atoms with E-state index in [0.29, 0.717) is 43.1 Å². The molecule has 2 aromatic rings. The van der Waals surface area contributed by atoms with Crippen LogP contribution in [0.25, 0.3) is 0 Å². The summed E-state index contributed by atoms with van der Waals surface area (Å²) in [4.78, 5) is 40.3. The Hall–Kier alpha value is -3.44. The van der Waals surface area contributed by atoms with Crippen molar-refractivity contribution in [3.05, 3.63) is 64.2 Å². The minimum atomic E-state index is -1.06. The summed E-state index contributed by atoms with van der Waals surface area (Å²) in [6.45, 7) is 3.53. The number of nitrogens with zero attached hydrogens (tertiary/aromatic N) is 2. The van der Waals surface area contributed by atoms with Gasteiger partial charge in [-0.15, -0.1) is 0 Å². The van der Waals surface area contributed by atoms with Crippen LogP contribution in [-0.2, 0) is 15.1 Å². The average molecular weight is 549 g/mol. The molecule has 3 aliphatic rings. The van der Waals surface area contributed by atoms with Gasteiger partial charge in [0.25, 0.3) is 0 Å². The van der Waals surface area contributed by atoms with Crippen molar-refractivity contribution in [1.29, 1.82) is 0 Å². The molecule has 9 nitrogen and oxygen atoms in total. The van der Waals surface area contributed by atoms with E-state index in [9.17, 15) is 23.2 Å². The summed E-state index contributed by atoms with van der Waals surface area (Å²) in [7, 11) is 0. The average Bonchev–Trinajstić information content (AvgIpc) is 3.28. The number of hydrogen-bond donors (Lipinski definition) is 2. The van der Waals surface area contributed by atoms with E-state index in [4.69, 9.17) is 21.1 Å². The summed E-state index contributed by atoms with van der Waals surface area (Å²) in [6.07, 6.45) is 0.468. The molecule has 12 heteroatoms. The summed E-state index contributed by atoms with van der Waals surface area (Å²) in [5.41, 5.74) is 1.11. The lowest BCUT2D eigenvalue weighted by atomic mass is 9.82. The number of imide groups is 1. The highest BCUT2D eigenvalue weighted by Gasteiger charge is 2.45. The molecule has 3 aliphatic heterocycles. The third kappa shape index (κ3) is 5.00. The molecule has 0 aliphatic carbocycles. The highest BCUT2D eigenvalue weighted by atomic mass is 35.5. The van der Waals surface area contributed by atoms with Crippen LogP contribution in [0.3, 0.4) is 0 Å². The molecule has 2 N–H and O–H groups in total. The van der Waals surface area contributed by atoms with Gasteiger partial charge in [-0.1, -0.05) is 17.7 Å². The van der Waals surface area contributed by atoms with Crippen molar-refractivity contribution in [3.8, 4) is 0 Å². The van der Waals surface area contributed by atoms with Crippen molar-refractivity contribution in [2.45, 2.75) is 43.9 Å². The van der Waals surface area contributed by atoms with Crippen LogP contribution in [0.2, 0.25) is 5.02 Å². The minimum absolute atomic E-state index is 0.0939. The van der Waals surface area contributed by atoms with Gasteiger partial charge in [0.2, 0.25) is 0 Å². The Morgan fingerprint density at radius 3 is 2.68 bits per heavy atom. The molecule has 38 heavy (non-hydrogen) atoms. The SMILES string of the molecule is CC(CCNC(=O)N1C(=O)OCC1c1ccc(F)c(F)c1)N1CCC2(CC1)OC(=O)Nc1ccc(Cl)cc12. The second-order valence-electron chi connectivity index (χ2n) is 9.74. The fourth-order valence-corrected chi connectivity index (χ4v) is 5.51. The molecule has 2 aromatic carbocycles. The first-order chi connectivity index (χ1) is 18.2. The van der Waals surface area contributed by atoms with Gasteiger partial charge in [0.15, 0.2) is 11.6 Å². The smallest absolute Gasteiger partial charge is 0.418 e. The van der Waals surface area contributed by atoms with Crippen molar-refractivity contribution in [1.82, 2.24) is 15.1 Å². The summed E-state index contributed by atoms with van der Waals surface area (Å²) in [5, 5.41) is 6.03. The highest BCUT2D eigenvalue weighted by molar-refractivity contribution is 6.30. The third-order valence-corrected chi connectivity index (χ3v) is 7.72. The van der Waals surface area contributed by atoms with Crippen LogP contribution >= 0.6 is 11.6 Å². The largest absolute Gasteiger partial charge is 0.446 e. The van der Waals surface area contributed by atoms with Gasteiger partial charge in [-0.05, 0) is 49.2 Å². The lowest BCUT2D eigenvalue weighted by Gasteiger charge is -2.45. The van der Waals surface area contributed by atoms with Crippen molar-refractivity contribution in [2.75, 3.05) is 31.6 Å². The highest BCUT2D eigenvalue weighted by Crippen LogP contribution is 2.44. The summed E-state index contributed by atoms with van der Waals surface area (Å²) in [6, 6.07) is 7.16. The molecule has 2 saturated heterocycles. The number of benzene rings is 2. The lowest BCUT2D eigenvalue weighted by Crippen LogP contribution is -2.51. The summed E-state index contributed by atoms with van der Waals surface area (Å²) in [5.74, 6) is -2.08. The second kappa shape index (κ2) is 10.4. The second-order valence-corrected chi connectivity index (χ2v) is 10.2. The summed E-state index contributed by atoms with van der Waals surface area (Å²) >= 11 is 6.21. The maximum Gasteiger partial charge on any atom is 0.418 e. The van der Waals surface area contributed by atoms with Crippen molar-refractivity contribution in [3.63, 3.8) is 0 Å². The van der Waals surface area contributed by atoms with Gasteiger partial charge in [0, 0.05) is 49.1 Å².